The standard InChI is InChI=1S/C13H17N3O2S/c1-18-10-6-9(13(15)17)7-11-12(10)16(8-19-11)5-3-2-4-14/h2-3,6-7H,4-5,8,14H2,1H3,(H2,15,17)/b3-2+. The van der Waals surface area contributed by atoms with Crippen LogP contribution < -0.4 is 21.1 Å². The quantitative estimate of drug-likeness (QED) is 0.791. The summed E-state index contributed by atoms with van der Waals surface area (Å²) in [6, 6.07) is 3.50. The van der Waals surface area contributed by atoms with Crippen molar-refractivity contribution >= 4 is 23.4 Å². The second-order valence-corrected chi connectivity index (χ2v) is 5.08. The molecule has 1 amide bonds. The molecule has 19 heavy (non-hydrogen) atoms. The lowest BCUT2D eigenvalue weighted by molar-refractivity contribution is 0.1000. The molecule has 0 aromatic heterocycles. The molecule has 0 saturated carbocycles. The molecule has 2 rings (SSSR count). The van der Waals surface area contributed by atoms with Gasteiger partial charge in [-0.1, -0.05) is 12.2 Å². The average molecular weight is 279 g/mol. The number of rotatable bonds is 5. The van der Waals surface area contributed by atoms with Gasteiger partial charge in [0.05, 0.1) is 18.7 Å². The predicted octanol–water partition coefficient (Wildman–Crippen LogP) is 1.18. The molecular formula is C13H17N3O2S. The summed E-state index contributed by atoms with van der Waals surface area (Å²) < 4.78 is 5.37. The van der Waals surface area contributed by atoms with Crippen LogP contribution in [0.3, 0.4) is 0 Å². The maximum atomic E-state index is 11.3. The summed E-state index contributed by atoms with van der Waals surface area (Å²) in [5.74, 6) is 1.06. The van der Waals surface area contributed by atoms with Crippen molar-refractivity contribution in [3.8, 4) is 5.75 Å². The number of primary amides is 1. The number of benzene rings is 1. The number of nitrogens with two attached hydrogens (primary N) is 2. The molecule has 0 spiro atoms. The van der Waals surface area contributed by atoms with E-state index in [2.05, 4.69) is 4.90 Å². The Hall–Kier alpha value is -1.66. The van der Waals surface area contributed by atoms with E-state index in [-0.39, 0.29) is 0 Å². The smallest absolute Gasteiger partial charge is 0.248 e. The van der Waals surface area contributed by atoms with Crippen LogP contribution in [0.4, 0.5) is 5.69 Å². The molecule has 5 nitrogen and oxygen atoms in total. The highest BCUT2D eigenvalue weighted by Gasteiger charge is 2.24. The molecule has 0 saturated heterocycles. The topological polar surface area (TPSA) is 81.6 Å². The molecule has 0 unspecified atom stereocenters. The minimum atomic E-state index is -0.442. The molecule has 1 heterocycles. The van der Waals surface area contributed by atoms with Crippen LogP contribution in [0.15, 0.2) is 29.2 Å². The summed E-state index contributed by atoms with van der Waals surface area (Å²) in [6.45, 7) is 1.30. The molecule has 0 bridgehead atoms. The van der Waals surface area contributed by atoms with E-state index < -0.39 is 5.91 Å². The lowest BCUT2D eigenvalue weighted by Crippen LogP contribution is -2.20. The zero-order valence-corrected chi connectivity index (χ0v) is 11.6. The van der Waals surface area contributed by atoms with E-state index in [0.29, 0.717) is 17.9 Å². The highest BCUT2D eigenvalue weighted by molar-refractivity contribution is 7.99. The summed E-state index contributed by atoms with van der Waals surface area (Å²) >= 11 is 1.67. The van der Waals surface area contributed by atoms with Crippen molar-refractivity contribution in [1.29, 1.82) is 0 Å². The van der Waals surface area contributed by atoms with Gasteiger partial charge in [-0.3, -0.25) is 4.79 Å². The number of hydrogen-bond acceptors (Lipinski definition) is 5. The first-order valence-corrected chi connectivity index (χ1v) is 6.90. The molecule has 0 radical (unpaired) electrons. The largest absolute Gasteiger partial charge is 0.495 e. The first-order valence-electron chi connectivity index (χ1n) is 5.92. The van der Waals surface area contributed by atoms with Crippen molar-refractivity contribution in [2.45, 2.75) is 4.90 Å². The van der Waals surface area contributed by atoms with Gasteiger partial charge in [0.25, 0.3) is 0 Å². The molecule has 1 aromatic carbocycles. The van der Waals surface area contributed by atoms with Gasteiger partial charge in [0.15, 0.2) is 0 Å². The van der Waals surface area contributed by atoms with E-state index in [1.165, 1.54) is 0 Å². The third-order valence-electron chi connectivity index (χ3n) is 2.87. The van der Waals surface area contributed by atoms with E-state index in [1.54, 1.807) is 24.9 Å². The minimum Gasteiger partial charge on any atom is -0.495 e. The molecule has 1 aliphatic heterocycles. The first-order chi connectivity index (χ1) is 9.17. The van der Waals surface area contributed by atoms with Crippen molar-refractivity contribution in [3.63, 3.8) is 0 Å². The summed E-state index contributed by atoms with van der Waals surface area (Å²) in [4.78, 5) is 14.5. The zero-order valence-electron chi connectivity index (χ0n) is 10.8. The zero-order chi connectivity index (χ0) is 13.8. The van der Waals surface area contributed by atoms with Crippen LogP contribution in [-0.4, -0.2) is 32.0 Å². The van der Waals surface area contributed by atoms with Crippen LogP contribution in [0.1, 0.15) is 10.4 Å². The molecular weight excluding hydrogens is 262 g/mol. The Kier molecular flexibility index (Phi) is 4.34. The average Bonchev–Trinajstić information content (AvgIpc) is 2.81. The van der Waals surface area contributed by atoms with E-state index in [9.17, 15) is 4.79 Å². The van der Waals surface area contributed by atoms with Gasteiger partial charge in [0.2, 0.25) is 5.91 Å². The van der Waals surface area contributed by atoms with Gasteiger partial charge in [0, 0.05) is 23.5 Å². The van der Waals surface area contributed by atoms with E-state index in [1.807, 2.05) is 18.2 Å². The van der Waals surface area contributed by atoms with E-state index in [4.69, 9.17) is 16.2 Å². The number of fused-ring (bicyclic) bond motifs is 1. The lowest BCUT2D eigenvalue weighted by atomic mass is 10.1. The Morgan fingerprint density at radius 2 is 2.32 bits per heavy atom. The van der Waals surface area contributed by atoms with Crippen molar-refractivity contribution < 1.29 is 9.53 Å². The van der Waals surface area contributed by atoms with Gasteiger partial charge in [-0.25, -0.2) is 0 Å². The number of methoxy groups -OCH3 is 1. The molecule has 0 fully saturated rings. The Bertz CT molecular complexity index is 517. The number of ether oxygens (including phenoxy) is 1. The number of nitrogens with zero attached hydrogens (tertiary/aromatic N) is 1. The van der Waals surface area contributed by atoms with Crippen molar-refractivity contribution in [1.82, 2.24) is 0 Å². The third kappa shape index (κ3) is 2.85. The fourth-order valence-corrected chi connectivity index (χ4v) is 3.06. The number of amides is 1. The van der Waals surface area contributed by atoms with Crippen LogP contribution in [0.25, 0.3) is 0 Å². The van der Waals surface area contributed by atoms with Gasteiger partial charge < -0.3 is 21.1 Å². The van der Waals surface area contributed by atoms with Crippen LogP contribution >= 0.6 is 11.8 Å². The Morgan fingerprint density at radius 1 is 1.53 bits per heavy atom. The van der Waals surface area contributed by atoms with E-state index >= 15 is 0 Å². The van der Waals surface area contributed by atoms with Gasteiger partial charge >= 0.3 is 0 Å². The minimum absolute atomic E-state index is 0.442. The Labute approximate surface area is 116 Å². The number of anilines is 1. The fraction of sp³-hybridized carbons (Fsp3) is 0.308. The molecule has 6 heteroatoms. The number of thioether (sulfide) groups is 1. The maximum Gasteiger partial charge on any atom is 0.248 e. The lowest BCUT2D eigenvalue weighted by Gasteiger charge is -2.19. The molecule has 1 aliphatic rings. The van der Waals surface area contributed by atoms with Gasteiger partial charge in [-0.2, -0.15) is 0 Å². The second kappa shape index (κ2) is 5.99. The summed E-state index contributed by atoms with van der Waals surface area (Å²) in [5, 5.41) is 0. The Morgan fingerprint density at radius 3 is 2.95 bits per heavy atom. The van der Waals surface area contributed by atoms with Crippen molar-refractivity contribution in [2.75, 3.05) is 31.0 Å². The highest BCUT2D eigenvalue weighted by Crippen LogP contribution is 2.45. The molecule has 1 aromatic rings. The van der Waals surface area contributed by atoms with Gasteiger partial charge in [-0.15, -0.1) is 11.8 Å². The molecule has 4 N–H and O–H groups in total. The third-order valence-corrected chi connectivity index (χ3v) is 3.93. The molecule has 0 aliphatic carbocycles. The van der Waals surface area contributed by atoms with E-state index in [0.717, 1.165) is 23.0 Å². The Balaban J connectivity index is 2.33. The maximum absolute atomic E-state index is 11.3. The summed E-state index contributed by atoms with van der Waals surface area (Å²) in [7, 11) is 1.59. The SMILES string of the molecule is COc1cc(C(N)=O)cc2c1N(C/C=C/CN)CS2. The number of carbonyl (C=O) groups excluding carboxylic acids is 1. The van der Waals surface area contributed by atoms with Crippen LogP contribution in [0.2, 0.25) is 0 Å². The highest BCUT2D eigenvalue weighted by atomic mass is 32.2. The van der Waals surface area contributed by atoms with Crippen molar-refractivity contribution in [2.24, 2.45) is 11.5 Å². The molecule has 0 atom stereocenters. The number of hydrogen-bond donors (Lipinski definition) is 2. The van der Waals surface area contributed by atoms with Gasteiger partial charge in [-0.05, 0) is 12.1 Å². The predicted molar refractivity (Wildman–Crippen MR) is 77.8 cm³/mol. The summed E-state index contributed by atoms with van der Waals surface area (Å²) in [6.07, 6.45) is 3.95. The van der Waals surface area contributed by atoms with Crippen LogP contribution in [-0.2, 0) is 0 Å². The van der Waals surface area contributed by atoms with Crippen molar-refractivity contribution in [3.05, 3.63) is 29.8 Å². The van der Waals surface area contributed by atoms with Crippen LogP contribution in [0, 0.1) is 0 Å². The van der Waals surface area contributed by atoms with Gasteiger partial charge in [0.1, 0.15) is 5.75 Å². The number of carbonyl (C=O) groups is 1. The molecule has 102 valence electrons. The fourth-order valence-electron chi connectivity index (χ4n) is 1.96. The second-order valence-electron chi connectivity index (χ2n) is 4.09. The monoisotopic (exact) mass is 279 g/mol. The first kappa shape index (κ1) is 13.8. The normalized spacial score (nSPS) is 13.9. The van der Waals surface area contributed by atoms with Crippen LogP contribution in [0.5, 0.6) is 5.75 Å². The summed E-state index contributed by atoms with van der Waals surface area (Å²) in [5.41, 5.74) is 12.2.